The Morgan fingerprint density at radius 2 is 2.07 bits per heavy atom. The van der Waals surface area contributed by atoms with Crippen molar-refractivity contribution in [3.05, 3.63) is 83.2 Å². The maximum atomic E-state index is 13.4. The second-order valence-electron chi connectivity index (χ2n) is 6.56. The zero-order chi connectivity index (χ0) is 21.3. The Labute approximate surface area is 181 Å². The lowest BCUT2D eigenvalue weighted by Crippen LogP contribution is -2.39. The minimum Gasteiger partial charge on any atom is -0.493 e. The lowest BCUT2D eigenvalue weighted by molar-refractivity contribution is -0.136. The number of benzene rings is 1. The second kappa shape index (κ2) is 8.41. The highest BCUT2D eigenvalue weighted by Gasteiger charge is 2.33. The van der Waals surface area contributed by atoms with E-state index >= 15 is 0 Å². The van der Waals surface area contributed by atoms with E-state index in [4.69, 9.17) is 9.47 Å². The van der Waals surface area contributed by atoms with Crippen molar-refractivity contribution in [2.75, 3.05) is 13.7 Å². The molecule has 0 fully saturated rings. The molecule has 1 aliphatic rings. The van der Waals surface area contributed by atoms with Gasteiger partial charge >= 0.3 is 5.97 Å². The first-order valence-electron chi connectivity index (χ1n) is 9.41. The number of allylic oxidation sites excluding steroid dienone is 1. The minimum atomic E-state index is -0.557. The molecule has 0 unspecified atom stereocenters. The number of hydrogen-bond donors (Lipinski definition) is 0. The number of nitrogens with zero attached hydrogens (tertiary/aromatic N) is 2. The smallest absolute Gasteiger partial charge is 0.338 e. The molecule has 0 spiro atoms. The Balaban J connectivity index is 1.95. The summed E-state index contributed by atoms with van der Waals surface area (Å²) in [5.74, 6) is 0.234. The van der Waals surface area contributed by atoms with E-state index in [9.17, 15) is 9.59 Å². The van der Waals surface area contributed by atoms with Crippen LogP contribution in [0.25, 0.3) is 6.08 Å². The van der Waals surface area contributed by atoms with Crippen LogP contribution in [0.1, 0.15) is 30.3 Å². The molecule has 0 amide bonds. The van der Waals surface area contributed by atoms with Gasteiger partial charge < -0.3 is 9.47 Å². The predicted octanol–water partition coefficient (Wildman–Crippen LogP) is 2.87. The molecule has 30 heavy (non-hydrogen) atoms. The molecule has 0 saturated carbocycles. The van der Waals surface area contributed by atoms with Crippen molar-refractivity contribution in [2.45, 2.75) is 19.9 Å². The van der Waals surface area contributed by atoms with Crippen LogP contribution >= 0.6 is 22.7 Å². The molecule has 8 heteroatoms. The van der Waals surface area contributed by atoms with Crippen LogP contribution in [0, 0.1) is 0 Å². The Kier molecular flexibility index (Phi) is 5.69. The number of thiazole rings is 1. The van der Waals surface area contributed by atoms with E-state index in [1.54, 1.807) is 11.5 Å². The fourth-order valence-corrected chi connectivity index (χ4v) is 5.30. The van der Waals surface area contributed by atoms with Gasteiger partial charge in [-0.15, -0.1) is 11.3 Å². The molecule has 1 aromatic carbocycles. The molecule has 154 valence electrons. The summed E-state index contributed by atoms with van der Waals surface area (Å²) in [6, 6.07) is 10.8. The molecule has 0 bridgehead atoms. The van der Waals surface area contributed by atoms with E-state index in [2.05, 4.69) is 4.99 Å². The third-order valence-corrected chi connectivity index (χ3v) is 6.65. The van der Waals surface area contributed by atoms with E-state index in [1.165, 1.54) is 29.8 Å². The fraction of sp³-hybridized carbons (Fsp3) is 0.227. The lowest BCUT2D eigenvalue weighted by Gasteiger charge is -2.22. The van der Waals surface area contributed by atoms with Gasteiger partial charge in [-0.1, -0.05) is 35.6 Å². The summed E-state index contributed by atoms with van der Waals surface area (Å²) in [5, 5.41) is 1.92. The molecule has 4 rings (SSSR count). The van der Waals surface area contributed by atoms with Crippen molar-refractivity contribution in [1.29, 1.82) is 0 Å². The number of fused-ring (bicyclic) bond motifs is 1. The Bertz CT molecular complexity index is 1300. The molecule has 1 atom stereocenters. The molecule has 0 saturated heterocycles. The molecule has 0 radical (unpaired) electrons. The maximum Gasteiger partial charge on any atom is 0.338 e. The molecule has 3 aromatic rings. The summed E-state index contributed by atoms with van der Waals surface area (Å²) in [5.41, 5.74) is 1.56. The Hall–Kier alpha value is -2.97. The van der Waals surface area contributed by atoms with E-state index < -0.39 is 12.0 Å². The summed E-state index contributed by atoms with van der Waals surface area (Å²) >= 11 is 2.79. The van der Waals surface area contributed by atoms with E-state index in [0.29, 0.717) is 33.0 Å². The van der Waals surface area contributed by atoms with Gasteiger partial charge in [-0.25, -0.2) is 9.79 Å². The molecule has 0 aliphatic carbocycles. The molecule has 0 N–H and O–H groups in total. The Morgan fingerprint density at radius 3 is 2.77 bits per heavy atom. The van der Waals surface area contributed by atoms with Crippen LogP contribution < -0.4 is 19.6 Å². The van der Waals surface area contributed by atoms with Crippen LogP contribution in [0.3, 0.4) is 0 Å². The zero-order valence-electron chi connectivity index (χ0n) is 16.7. The number of carbonyl (C=O) groups is 1. The van der Waals surface area contributed by atoms with Crippen LogP contribution in [-0.4, -0.2) is 24.3 Å². The standard InChI is InChI=1S/C22H20N2O4S2/c1-4-28-15-9-6-5-8-14(15)12-17-20(25)24-19(16-10-7-11-29-16)18(21(26)27-3)13(2)23-22(24)30-17/h5-12,19H,4H2,1-3H3/b17-12+/t19-/m0/s1. The predicted molar refractivity (Wildman–Crippen MR) is 118 cm³/mol. The second-order valence-corrected chi connectivity index (χ2v) is 8.55. The normalized spacial score (nSPS) is 16.2. The first-order valence-corrected chi connectivity index (χ1v) is 11.1. The third-order valence-electron chi connectivity index (χ3n) is 4.75. The highest BCUT2D eigenvalue weighted by atomic mass is 32.1. The summed E-state index contributed by atoms with van der Waals surface area (Å²) in [7, 11) is 1.34. The average Bonchev–Trinajstić information content (AvgIpc) is 3.37. The molecular weight excluding hydrogens is 420 g/mol. The van der Waals surface area contributed by atoms with Crippen molar-refractivity contribution < 1.29 is 14.3 Å². The van der Waals surface area contributed by atoms with Gasteiger partial charge in [0.05, 0.1) is 29.5 Å². The quantitative estimate of drug-likeness (QED) is 0.572. The first-order chi connectivity index (χ1) is 14.5. The van der Waals surface area contributed by atoms with Crippen LogP contribution in [0.5, 0.6) is 5.75 Å². The molecule has 1 aliphatic heterocycles. The number of aromatic nitrogens is 1. The van der Waals surface area contributed by atoms with Gasteiger partial charge in [0, 0.05) is 10.4 Å². The lowest BCUT2D eigenvalue weighted by atomic mass is 10.0. The summed E-state index contributed by atoms with van der Waals surface area (Å²) in [4.78, 5) is 32.0. The topological polar surface area (TPSA) is 69.9 Å². The van der Waals surface area contributed by atoms with Gasteiger partial charge in [0.15, 0.2) is 4.80 Å². The number of para-hydroxylation sites is 1. The number of carbonyl (C=O) groups excluding carboxylic acids is 1. The van der Waals surface area contributed by atoms with E-state index in [1.807, 2.05) is 54.8 Å². The molecule has 2 aromatic heterocycles. The molecule has 6 nitrogen and oxygen atoms in total. The van der Waals surface area contributed by atoms with Crippen LogP contribution in [0.15, 0.2) is 62.8 Å². The van der Waals surface area contributed by atoms with Crippen molar-refractivity contribution in [2.24, 2.45) is 4.99 Å². The zero-order valence-corrected chi connectivity index (χ0v) is 18.4. The van der Waals surface area contributed by atoms with Crippen LogP contribution in [-0.2, 0) is 9.53 Å². The van der Waals surface area contributed by atoms with Gasteiger partial charge in [0.2, 0.25) is 0 Å². The molecular formula is C22H20N2O4S2. The van der Waals surface area contributed by atoms with Crippen molar-refractivity contribution in [3.8, 4) is 5.75 Å². The van der Waals surface area contributed by atoms with Gasteiger partial charge in [-0.3, -0.25) is 9.36 Å². The van der Waals surface area contributed by atoms with Crippen molar-refractivity contribution in [3.63, 3.8) is 0 Å². The highest BCUT2D eigenvalue weighted by Crippen LogP contribution is 2.33. The van der Waals surface area contributed by atoms with Gasteiger partial charge in [0.1, 0.15) is 11.8 Å². The monoisotopic (exact) mass is 440 g/mol. The number of ether oxygens (including phenoxy) is 2. The van der Waals surface area contributed by atoms with Gasteiger partial charge in [0.25, 0.3) is 5.56 Å². The summed E-state index contributed by atoms with van der Waals surface area (Å²) in [6.07, 6.45) is 1.82. The minimum absolute atomic E-state index is 0.197. The number of thiophene rings is 1. The summed E-state index contributed by atoms with van der Waals surface area (Å²) in [6.45, 7) is 4.23. The third kappa shape index (κ3) is 3.53. The van der Waals surface area contributed by atoms with Gasteiger partial charge in [-0.05, 0) is 37.4 Å². The van der Waals surface area contributed by atoms with Gasteiger partial charge in [-0.2, -0.15) is 0 Å². The first kappa shape index (κ1) is 20.3. The van der Waals surface area contributed by atoms with Crippen LogP contribution in [0.4, 0.5) is 0 Å². The SMILES string of the molecule is CCOc1ccccc1/C=c1/sc2n(c1=O)[C@@H](c1cccs1)C(C(=O)OC)=C(C)N=2. The van der Waals surface area contributed by atoms with E-state index in [0.717, 1.165) is 10.4 Å². The van der Waals surface area contributed by atoms with Crippen molar-refractivity contribution >= 4 is 34.7 Å². The van der Waals surface area contributed by atoms with Crippen LogP contribution in [0.2, 0.25) is 0 Å². The highest BCUT2D eigenvalue weighted by molar-refractivity contribution is 7.10. The summed E-state index contributed by atoms with van der Waals surface area (Å²) < 4.78 is 12.8. The van der Waals surface area contributed by atoms with Crippen molar-refractivity contribution in [1.82, 2.24) is 4.57 Å². The number of rotatable bonds is 5. The number of hydrogen-bond acceptors (Lipinski definition) is 7. The fourth-order valence-electron chi connectivity index (χ4n) is 3.44. The maximum absolute atomic E-state index is 13.4. The Morgan fingerprint density at radius 1 is 1.27 bits per heavy atom. The number of methoxy groups -OCH3 is 1. The average molecular weight is 441 g/mol. The largest absolute Gasteiger partial charge is 0.493 e. The van der Waals surface area contributed by atoms with E-state index in [-0.39, 0.29) is 5.56 Å². The number of esters is 1. The molecule has 3 heterocycles.